The van der Waals surface area contributed by atoms with Crippen molar-refractivity contribution in [2.75, 3.05) is 0 Å². The number of hydrogen-bond acceptors (Lipinski definition) is 0. The van der Waals surface area contributed by atoms with Gasteiger partial charge in [0, 0.05) is 0 Å². The van der Waals surface area contributed by atoms with Gasteiger partial charge in [0.25, 0.3) is 0 Å². The molecule has 1 aliphatic carbocycles. The van der Waals surface area contributed by atoms with E-state index in [0.29, 0.717) is 11.8 Å². The van der Waals surface area contributed by atoms with Gasteiger partial charge < -0.3 is 0 Å². The maximum Gasteiger partial charge on any atom is -0.0130 e. The van der Waals surface area contributed by atoms with E-state index in [1.807, 2.05) is 0 Å². The van der Waals surface area contributed by atoms with E-state index >= 15 is 0 Å². The van der Waals surface area contributed by atoms with Crippen molar-refractivity contribution in [1.29, 1.82) is 0 Å². The van der Waals surface area contributed by atoms with E-state index in [2.05, 4.69) is 52.0 Å². The van der Waals surface area contributed by atoms with Crippen molar-refractivity contribution in [3.05, 3.63) is 35.5 Å². The predicted molar refractivity (Wildman–Crippen MR) is 59.6 cm³/mol. The smallest absolute Gasteiger partial charge is 0.0130 e. The zero-order valence-corrected chi connectivity index (χ0v) is 9.17. The molecule has 0 nitrogen and oxygen atoms in total. The van der Waals surface area contributed by atoms with Gasteiger partial charge in [-0.1, -0.05) is 57.6 Å². The summed E-state index contributed by atoms with van der Waals surface area (Å²) in [7, 11) is 0. The van der Waals surface area contributed by atoms with E-state index in [1.165, 1.54) is 5.57 Å². The zero-order valence-electron chi connectivity index (χ0n) is 9.17. The second-order valence-electron chi connectivity index (χ2n) is 4.33. The Labute approximate surface area is 82.0 Å². The molecule has 0 saturated carbocycles. The Morgan fingerprint density at radius 1 is 1.08 bits per heavy atom. The van der Waals surface area contributed by atoms with Crippen LogP contribution in [0.25, 0.3) is 0 Å². The highest BCUT2D eigenvalue weighted by molar-refractivity contribution is 5.33. The maximum atomic E-state index is 2.37. The summed E-state index contributed by atoms with van der Waals surface area (Å²) in [5.41, 5.74) is 3.01. The third-order valence-electron chi connectivity index (χ3n) is 2.54. The van der Waals surface area contributed by atoms with E-state index < -0.39 is 0 Å². The summed E-state index contributed by atoms with van der Waals surface area (Å²) < 4.78 is 0. The molecule has 0 saturated heterocycles. The van der Waals surface area contributed by atoms with Crippen molar-refractivity contribution < 1.29 is 0 Å². The van der Waals surface area contributed by atoms with Crippen LogP contribution in [0, 0.1) is 11.8 Å². The van der Waals surface area contributed by atoms with Crippen LogP contribution in [0.15, 0.2) is 35.5 Å². The lowest BCUT2D eigenvalue weighted by molar-refractivity contribution is 0.734. The summed E-state index contributed by atoms with van der Waals surface area (Å²) in [6.45, 7) is 9.03. The molecular weight excluding hydrogens is 156 g/mol. The Balaban J connectivity index is 2.89. The number of hydrogen-bond donors (Lipinski definition) is 0. The molecule has 13 heavy (non-hydrogen) atoms. The molecule has 0 heterocycles. The molecule has 0 atom stereocenters. The van der Waals surface area contributed by atoms with Gasteiger partial charge in [-0.15, -0.1) is 0 Å². The minimum Gasteiger partial charge on any atom is -0.0804 e. The van der Waals surface area contributed by atoms with Gasteiger partial charge in [-0.05, 0) is 23.8 Å². The van der Waals surface area contributed by atoms with Gasteiger partial charge in [-0.3, -0.25) is 0 Å². The third-order valence-corrected chi connectivity index (χ3v) is 2.54. The first-order valence-corrected chi connectivity index (χ1v) is 5.18. The van der Waals surface area contributed by atoms with Crippen LogP contribution in [0.4, 0.5) is 0 Å². The van der Waals surface area contributed by atoms with E-state index in [4.69, 9.17) is 0 Å². The van der Waals surface area contributed by atoms with E-state index in [-0.39, 0.29) is 0 Å². The Kier molecular flexibility index (Phi) is 3.53. The highest BCUT2D eigenvalue weighted by Crippen LogP contribution is 2.23. The Hall–Kier alpha value is -0.780. The molecule has 0 aromatic carbocycles. The van der Waals surface area contributed by atoms with Crippen molar-refractivity contribution in [2.24, 2.45) is 11.8 Å². The molecule has 0 fully saturated rings. The Morgan fingerprint density at radius 2 is 1.77 bits per heavy atom. The van der Waals surface area contributed by atoms with Crippen molar-refractivity contribution in [3.63, 3.8) is 0 Å². The van der Waals surface area contributed by atoms with E-state index in [1.54, 1.807) is 5.57 Å². The van der Waals surface area contributed by atoms with Gasteiger partial charge in [0.15, 0.2) is 0 Å². The molecule has 0 unspecified atom stereocenters. The molecule has 0 N–H and O–H groups in total. The topological polar surface area (TPSA) is 0 Å². The average molecular weight is 176 g/mol. The molecule has 0 aromatic rings. The van der Waals surface area contributed by atoms with Crippen LogP contribution in [0.1, 0.15) is 34.1 Å². The molecule has 0 spiro atoms. The molecule has 1 aliphatic rings. The van der Waals surface area contributed by atoms with Crippen LogP contribution < -0.4 is 0 Å². The van der Waals surface area contributed by atoms with Crippen LogP contribution in [-0.2, 0) is 0 Å². The largest absolute Gasteiger partial charge is 0.0804 e. The van der Waals surface area contributed by atoms with Crippen LogP contribution in [-0.4, -0.2) is 0 Å². The Morgan fingerprint density at radius 3 is 2.31 bits per heavy atom. The molecule has 0 bridgehead atoms. The monoisotopic (exact) mass is 176 g/mol. The molecule has 0 heteroatoms. The average Bonchev–Trinajstić information content (AvgIpc) is 2.28. The molecule has 1 rings (SSSR count). The highest BCUT2D eigenvalue weighted by Gasteiger charge is 2.06. The van der Waals surface area contributed by atoms with E-state index in [0.717, 1.165) is 6.42 Å². The summed E-state index contributed by atoms with van der Waals surface area (Å²) in [4.78, 5) is 0. The minimum absolute atomic E-state index is 0.636. The number of rotatable bonds is 2. The first-order chi connectivity index (χ1) is 6.11. The first-order valence-electron chi connectivity index (χ1n) is 5.18. The zero-order chi connectivity index (χ0) is 9.84. The van der Waals surface area contributed by atoms with Crippen LogP contribution >= 0.6 is 0 Å². The van der Waals surface area contributed by atoms with Gasteiger partial charge in [0.1, 0.15) is 0 Å². The lowest BCUT2D eigenvalue weighted by atomic mass is 9.95. The first kappa shape index (κ1) is 10.3. The lowest BCUT2D eigenvalue weighted by Gasteiger charge is -2.11. The fourth-order valence-electron chi connectivity index (χ4n) is 1.47. The molecule has 0 aromatic heterocycles. The molecule has 0 aliphatic heterocycles. The van der Waals surface area contributed by atoms with Crippen LogP contribution in [0.2, 0.25) is 0 Å². The number of allylic oxidation sites excluding steroid dienone is 6. The fourth-order valence-corrected chi connectivity index (χ4v) is 1.47. The van der Waals surface area contributed by atoms with Gasteiger partial charge in [-0.25, -0.2) is 0 Å². The van der Waals surface area contributed by atoms with Crippen LogP contribution in [0.3, 0.4) is 0 Å². The van der Waals surface area contributed by atoms with Crippen molar-refractivity contribution in [3.8, 4) is 0 Å². The summed E-state index contributed by atoms with van der Waals surface area (Å²) in [6, 6.07) is 0. The molecular formula is C13H20. The van der Waals surface area contributed by atoms with Gasteiger partial charge in [-0.2, -0.15) is 0 Å². The fraction of sp³-hybridized carbons (Fsp3) is 0.538. The second kappa shape index (κ2) is 4.45. The van der Waals surface area contributed by atoms with E-state index in [9.17, 15) is 0 Å². The summed E-state index contributed by atoms with van der Waals surface area (Å²) in [6.07, 6.45) is 10.2. The summed E-state index contributed by atoms with van der Waals surface area (Å²) in [5.74, 6) is 1.31. The summed E-state index contributed by atoms with van der Waals surface area (Å²) in [5, 5.41) is 0. The molecule has 0 amide bonds. The molecule has 72 valence electrons. The van der Waals surface area contributed by atoms with Crippen LogP contribution in [0.5, 0.6) is 0 Å². The predicted octanol–water partition coefficient (Wildman–Crippen LogP) is 4.11. The minimum atomic E-state index is 0.636. The van der Waals surface area contributed by atoms with Crippen molar-refractivity contribution in [2.45, 2.75) is 34.1 Å². The Bertz CT molecular complexity index is 249. The normalized spacial score (nSPS) is 17.4. The van der Waals surface area contributed by atoms with Gasteiger partial charge in [0.2, 0.25) is 0 Å². The quantitative estimate of drug-likeness (QED) is 0.594. The lowest BCUT2D eigenvalue weighted by Crippen LogP contribution is -1.96. The maximum absolute atomic E-state index is 2.37. The third kappa shape index (κ3) is 2.87. The second-order valence-corrected chi connectivity index (χ2v) is 4.33. The van der Waals surface area contributed by atoms with Crippen molar-refractivity contribution in [1.82, 2.24) is 0 Å². The SMILES string of the molecule is CC(C)C1=CC=CCC(C(C)C)=C1. The van der Waals surface area contributed by atoms with Gasteiger partial charge >= 0.3 is 0 Å². The summed E-state index contributed by atoms with van der Waals surface area (Å²) >= 11 is 0. The highest BCUT2D eigenvalue weighted by atomic mass is 14.1. The molecule has 0 radical (unpaired) electrons. The van der Waals surface area contributed by atoms with Crippen molar-refractivity contribution >= 4 is 0 Å². The standard InChI is InChI=1S/C13H20/c1-10(2)12-7-5-6-8-13(9-12)11(3)4/h5-7,9-11H,8H2,1-4H3. The van der Waals surface area contributed by atoms with Gasteiger partial charge in [0.05, 0.1) is 0 Å².